The lowest BCUT2D eigenvalue weighted by Crippen LogP contribution is -2.37. The summed E-state index contributed by atoms with van der Waals surface area (Å²) in [5.41, 5.74) is 2.15. The summed E-state index contributed by atoms with van der Waals surface area (Å²) >= 11 is 0. The molecule has 2 fully saturated rings. The van der Waals surface area contributed by atoms with Crippen LogP contribution in [0.4, 0.5) is 0 Å². The number of benzene rings is 1. The van der Waals surface area contributed by atoms with Gasteiger partial charge in [-0.2, -0.15) is 4.98 Å². The number of carbonyl (C=O) groups excluding carboxylic acids is 1. The number of aromatic nitrogens is 2. The third-order valence-corrected chi connectivity index (χ3v) is 4.77. The molecular weight excluding hydrogens is 292 g/mol. The lowest BCUT2D eigenvalue weighted by Gasteiger charge is -2.22. The number of hydrogen-bond donors (Lipinski definition) is 1. The van der Waals surface area contributed by atoms with Gasteiger partial charge in [0.05, 0.1) is 0 Å². The molecule has 0 aliphatic carbocycles. The molecule has 2 aliphatic rings. The molecule has 0 spiro atoms. The molecule has 0 saturated carbocycles. The minimum Gasteiger partial charge on any atom is -0.339 e. The lowest BCUT2D eigenvalue weighted by atomic mass is 10.1. The second-order valence-corrected chi connectivity index (χ2v) is 6.34. The van der Waals surface area contributed by atoms with Crippen LogP contribution < -0.4 is 5.32 Å². The molecule has 6 heteroatoms. The highest BCUT2D eigenvalue weighted by molar-refractivity contribution is 5.80. The lowest BCUT2D eigenvalue weighted by molar-refractivity contribution is -0.129. The molecule has 120 valence electrons. The van der Waals surface area contributed by atoms with Crippen molar-refractivity contribution in [2.45, 2.75) is 38.3 Å². The number of nitrogens with zero attached hydrogens (tertiary/aromatic N) is 3. The first-order chi connectivity index (χ1) is 11.2. The van der Waals surface area contributed by atoms with Crippen LogP contribution in [0.25, 0.3) is 11.4 Å². The molecule has 1 aromatic carbocycles. The van der Waals surface area contributed by atoms with E-state index in [9.17, 15) is 4.79 Å². The van der Waals surface area contributed by atoms with Gasteiger partial charge in [0.25, 0.3) is 0 Å². The highest BCUT2D eigenvalue weighted by Gasteiger charge is 2.42. The SMILES string of the molecule is Cc1ccc(-c2noc(CCN3C(=O)C[C@H]4NCC[C@H]43)n2)cc1. The molecule has 23 heavy (non-hydrogen) atoms. The van der Waals surface area contributed by atoms with E-state index in [4.69, 9.17) is 4.52 Å². The zero-order valence-electron chi connectivity index (χ0n) is 13.2. The summed E-state index contributed by atoms with van der Waals surface area (Å²) in [4.78, 5) is 18.5. The predicted octanol–water partition coefficient (Wildman–Crippen LogP) is 1.55. The van der Waals surface area contributed by atoms with Crippen LogP contribution in [0.15, 0.2) is 28.8 Å². The van der Waals surface area contributed by atoms with Gasteiger partial charge in [0.2, 0.25) is 17.6 Å². The van der Waals surface area contributed by atoms with Crippen molar-refractivity contribution >= 4 is 5.91 Å². The van der Waals surface area contributed by atoms with Gasteiger partial charge in [-0.05, 0) is 19.9 Å². The van der Waals surface area contributed by atoms with Crippen molar-refractivity contribution < 1.29 is 9.32 Å². The minimum absolute atomic E-state index is 0.227. The molecule has 1 aromatic heterocycles. The molecule has 2 saturated heterocycles. The third kappa shape index (κ3) is 2.74. The maximum Gasteiger partial charge on any atom is 0.228 e. The van der Waals surface area contributed by atoms with Crippen molar-refractivity contribution in [3.8, 4) is 11.4 Å². The van der Waals surface area contributed by atoms with E-state index >= 15 is 0 Å². The molecule has 4 rings (SSSR count). The molecule has 6 nitrogen and oxygen atoms in total. The smallest absolute Gasteiger partial charge is 0.228 e. The van der Waals surface area contributed by atoms with Crippen molar-refractivity contribution in [2.24, 2.45) is 0 Å². The molecule has 0 unspecified atom stereocenters. The predicted molar refractivity (Wildman–Crippen MR) is 84.7 cm³/mol. The summed E-state index contributed by atoms with van der Waals surface area (Å²) in [5, 5.41) is 7.44. The Morgan fingerprint density at radius 3 is 3.00 bits per heavy atom. The van der Waals surface area contributed by atoms with Crippen molar-refractivity contribution in [3.05, 3.63) is 35.7 Å². The number of carbonyl (C=O) groups is 1. The molecule has 1 N–H and O–H groups in total. The largest absolute Gasteiger partial charge is 0.339 e. The van der Waals surface area contributed by atoms with Crippen LogP contribution in [0.1, 0.15) is 24.3 Å². The number of amides is 1. The Balaban J connectivity index is 1.42. The summed E-state index contributed by atoms with van der Waals surface area (Å²) in [5.74, 6) is 1.42. The first-order valence-electron chi connectivity index (χ1n) is 8.13. The average molecular weight is 312 g/mol. The van der Waals surface area contributed by atoms with Gasteiger partial charge in [-0.25, -0.2) is 0 Å². The van der Waals surface area contributed by atoms with Gasteiger partial charge < -0.3 is 14.7 Å². The Labute approximate surface area is 134 Å². The Kier molecular flexibility index (Phi) is 3.61. The molecule has 0 radical (unpaired) electrons. The standard InChI is InChI=1S/C17H20N4O2/c1-11-2-4-12(5-3-11)17-19-15(23-20-17)7-9-21-14-6-8-18-13(14)10-16(21)22/h2-5,13-14,18H,6-10H2,1H3/t13-,14-/m1/s1. The van der Waals surface area contributed by atoms with Crippen molar-refractivity contribution in [1.29, 1.82) is 0 Å². The van der Waals surface area contributed by atoms with Gasteiger partial charge in [0.15, 0.2) is 0 Å². The number of fused-ring (bicyclic) bond motifs is 1. The molecule has 0 bridgehead atoms. The second-order valence-electron chi connectivity index (χ2n) is 6.34. The number of aryl methyl sites for hydroxylation is 1. The average Bonchev–Trinajstić information content (AvgIpc) is 3.23. The number of nitrogens with one attached hydrogen (secondary N) is 1. The molecule has 2 aliphatic heterocycles. The van der Waals surface area contributed by atoms with E-state index in [2.05, 4.69) is 15.5 Å². The number of rotatable bonds is 4. The van der Waals surface area contributed by atoms with Gasteiger partial charge in [-0.15, -0.1) is 0 Å². The Bertz CT molecular complexity index is 710. The van der Waals surface area contributed by atoms with Crippen LogP contribution in [-0.2, 0) is 11.2 Å². The monoisotopic (exact) mass is 312 g/mol. The first kappa shape index (κ1) is 14.4. The summed E-state index contributed by atoms with van der Waals surface area (Å²) in [6, 6.07) is 8.70. The maximum absolute atomic E-state index is 12.1. The molecular formula is C17H20N4O2. The normalized spacial score (nSPS) is 23.5. The second kappa shape index (κ2) is 5.77. The molecule has 2 atom stereocenters. The third-order valence-electron chi connectivity index (χ3n) is 4.77. The van der Waals surface area contributed by atoms with E-state index in [0.717, 1.165) is 18.5 Å². The Hall–Kier alpha value is -2.21. The van der Waals surface area contributed by atoms with E-state index in [-0.39, 0.29) is 5.91 Å². The maximum atomic E-state index is 12.1. The fraction of sp³-hybridized carbons (Fsp3) is 0.471. The Morgan fingerprint density at radius 2 is 2.17 bits per heavy atom. The molecule has 2 aromatic rings. The van der Waals surface area contributed by atoms with Crippen LogP contribution in [0.3, 0.4) is 0 Å². The number of hydrogen-bond acceptors (Lipinski definition) is 5. The molecule has 1 amide bonds. The first-order valence-corrected chi connectivity index (χ1v) is 8.13. The highest BCUT2D eigenvalue weighted by atomic mass is 16.5. The van der Waals surface area contributed by atoms with Gasteiger partial charge >= 0.3 is 0 Å². The van der Waals surface area contributed by atoms with Crippen LogP contribution >= 0.6 is 0 Å². The fourth-order valence-corrected chi connectivity index (χ4v) is 3.51. The van der Waals surface area contributed by atoms with Crippen LogP contribution in [0.5, 0.6) is 0 Å². The quantitative estimate of drug-likeness (QED) is 0.927. The van der Waals surface area contributed by atoms with E-state index in [1.165, 1.54) is 5.56 Å². The summed E-state index contributed by atoms with van der Waals surface area (Å²) < 4.78 is 5.34. The van der Waals surface area contributed by atoms with Gasteiger partial charge in [-0.1, -0.05) is 35.0 Å². The van der Waals surface area contributed by atoms with Crippen molar-refractivity contribution in [3.63, 3.8) is 0 Å². The zero-order valence-corrected chi connectivity index (χ0v) is 13.2. The summed E-state index contributed by atoms with van der Waals surface area (Å²) in [6.45, 7) is 3.69. The van der Waals surface area contributed by atoms with E-state index in [0.29, 0.717) is 43.2 Å². The van der Waals surface area contributed by atoms with E-state index in [1.54, 1.807) is 0 Å². The number of likely N-dealkylation sites (tertiary alicyclic amines) is 1. The Morgan fingerprint density at radius 1 is 1.35 bits per heavy atom. The minimum atomic E-state index is 0.227. The topological polar surface area (TPSA) is 71.3 Å². The summed E-state index contributed by atoms with van der Waals surface area (Å²) in [7, 11) is 0. The summed E-state index contributed by atoms with van der Waals surface area (Å²) in [6.07, 6.45) is 2.26. The van der Waals surface area contributed by atoms with Crippen LogP contribution in [0, 0.1) is 6.92 Å². The van der Waals surface area contributed by atoms with Crippen LogP contribution in [0.2, 0.25) is 0 Å². The van der Waals surface area contributed by atoms with Crippen molar-refractivity contribution in [1.82, 2.24) is 20.4 Å². The highest BCUT2D eigenvalue weighted by Crippen LogP contribution is 2.26. The molecule has 3 heterocycles. The van der Waals surface area contributed by atoms with E-state index < -0.39 is 0 Å². The van der Waals surface area contributed by atoms with Crippen LogP contribution in [-0.4, -0.2) is 46.1 Å². The van der Waals surface area contributed by atoms with Crippen molar-refractivity contribution in [2.75, 3.05) is 13.1 Å². The van der Waals surface area contributed by atoms with Gasteiger partial charge in [0.1, 0.15) is 0 Å². The van der Waals surface area contributed by atoms with Gasteiger partial charge in [-0.3, -0.25) is 4.79 Å². The van der Waals surface area contributed by atoms with E-state index in [1.807, 2.05) is 36.1 Å². The zero-order chi connectivity index (χ0) is 15.8. The van der Waals surface area contributed by atoms with Gasteiger partial charge in [0, 0.05) is 37.0 Å². The fourth-order valence-electron chi connectivity index (χ4n) is 3.51.